The molecule has 2 aliphatic rings. The van der Waals surface area contributed by atoms with Gasteiger partial charge in [0.2, 0.25) is 0 Å². The van der Waals surface area contributed by atoms with E-state index in [0.717, 1.165) is 13.1 Å². The molecule has 10 heavy (non-hydrogen) atoms. The lowest BCUT2D eigenvalue weighted by Gasteiger charge is -2.29. The average molecular weight is 159 g/mol. The minimum Gasteiger partial charge on any atom is -0.371 e. The standard InChI is InChI=1S/C7H13NOS/c1-2-10-5-6(1)9-7-3-8-4-7/h6-8H,1-5H2. The average Bonchev–Trinajstić information content (AvgIpc) is 2.29. The highest BCUT2D eigenvalue weighted by atomic mass is 32.2. The highest BCUT2D eigenvalue weighted by Gasteiger charge is 2.24. The largest absolute Gasteiger partial charge is 0.371 e. The summed E-state index contributed by atoms with van der Waals surface area (Å²) in [5, 5.41) is 3.20. The molecule has 0 bridgehead atoms. The van der Waals surface area contributed by atoms with Gasteiger partial charge in [-0.3, -0.25) is 0 Å². The number of ether oxygens (including phenoxy) is 1. The van der Waals surface area contributed by atoms with E-state index in [4.69, 9.17) is 4.74 Å². The van der Waals surface area contributed by atoms with Gasteiger partial charge in [0, 0.05) is 18.8 Å². The molecule has 2 rings (SSSR count). The van der Waals surface area contributed by atoms with Crippen LogP contribution in [0, 0.1) is 0 Å². The zero-order valence-electron chi connectivity index (χ0n) is 6.01. The summed E-state index contributed by atoms with van der Waals surface area (Å²) in [7, 11) is 0. The van der Waals surface area contributed by atoms with Gasteiger partial charge in [-0.25, -0.2) is 0 Å². The molecule has 0 aromatic carbocycles. The summed E-state index contributed by atoms with van der Waals surface area (Å²) in [6.07, 6.45) is 2.36. The first-order chi connectivity index (χ1) is 4.95. The molecule has 2 aliphatic heterocycles. The molecule has 0 spiro atoms. The fourth-order valence-electron chi connectivity index (χ4n) is 1.25. The molecule has 2 fully saturated rings. The smallest absolute Gasteiger partial charge is 0.0827 e. The lowest BCUT2D eigenvalue weighted by atomic mass is 10.2. The van der Waals surface area contributed by atoms with E-state index >= 15 is 0 Å². The van der Waals surface area contributed by atoms with Crippen molar-refractivity contribution in [2.75, 3.05) is 24.6 Å². The summed E-state index contributed by atoms with van der Waals surface area (Å²) < 4.78 is 5.76. The van der Waals surface area contributed by atoms with Crippen LogP contribution in [0.15, 0.2) is 0 Å². The van der Waals surface area contributed by atoms with Crippen molar-refractivity contribution in [1.29, 1.82) is 0 Å². The maximum atomic E-state index is 5.76. The topological polar surface area (TPSA) is 21.3 Å². The van der Waals surface area contributed by atoms with Gasteiger partial charge in [0.05, 0.1) is 12.2 Å². The molecule has 58 valence electrons. The second kappa shape index (κ2) is 3.11. The normalized spacial score (nSPS) is 34.2. The number of thioether (sulfide) groups is 1. The SMILES string of the molecule is C1CC(OC2CNC2)CS1. The van der Waals surface area contributed by atoms with Gasteiger partial charge >= 0.3 is 0 Å². The van der Waals surface area contributed by atoms with Gasteiger partial charge in [-0.15, -0.1) is 0 Å². The molecule has 1 N–H and O–H groups in total. The Labute approximate surface area is 65.7 Å². The van der Waals surface area contributed by atoms with E-state index in [2.05, 4.69) is 5.32 Å². The van der Waals surface area contributed by atoms with Crippen molar-refractivity contribution in [3.8, 4) is 0 Å². The van der Waals surface area contributed by atoms with E-state index in [0.29, 0.717) is 12.2 Å². The van der Waals surface area contributed by atoms with Crippen LogP contribution in [0.2, 0.25) is 0 Å². The van der Waals surface area contributed by atoms with Crippen molar-refractivity contribution in [3.05, 3.63) is 0 Å². The van der Waals surface area contributed by atoms with Crippen LogP contribution in [0.1, 0.15) is 6.42 Å². The van der Waals surface area contributed by atoms with E-state index in [1.807, 2.05) is 11.8 Å². The Hall–Kier alpha value is 0.270. The minimum atomic E-state index is 0.531. The zero-order chi connectivity index (χ0) is 6.81. The molecule has 0 saturated carbocycles. The van der Waals surface area contributed by atoms with Crippen LogP contribution in [0.5, 0.6) is 0 Å². The Morgan fingerprint density at radius 2 is 2.20 bits per heavy atom. The zero-order valence-corrected chi connectivity index (χ0v) is 6.82. The second-order valence-electron chi connectivity index (χ2n) is 2.90. The van der Waals surface area contributed by atoms with E-state index in [9.17, 15) is 0 Å². The van der Waals surface area contributed by atoms with Crippen LogP contribution in [-0.2, 0) is 4.74 Å². The van der Waals surface area contributed by atoms with Crippen LogP contribution in [-0.4, -0.2) is 36.8 Å². The molecular weight excluding hydrogens is 146 g/mol. The Morgan fingerprint density at radius 3 is 2.70 bits per heavy atom. The fraction of sp³-hybridized carbons (Fsp3) is 1.00. The van der Waals surface area contributed by atoms with Gasteiger partial charge < -0.3 is 10.1 Å². The summed E-state index contributed by atoms with van der Waals surface area (Å²) in [4.78, 5) is 0. The fourth-order valence-corrected chi connectivity index (χ4v) is 2.36. The molecule has 2 nitrogen and oxygen atoms in total. The van der Waals surface area contributed by atoms with Crippen molar-refractivity contribution in [3.63, 3.8) is 0 Å². The molecule has 2 heterocycles. The molecular formula is C7H13NOS. The van der Waals surface area contributed by atoms with Gasteiger partial charge in [-0.2, -0.15) is 11.8 Å². The highest BCUT2D eigenvalue weighted by molar-refractivity contribution is 7.99. The van der Waals surface area contributed by atoms with Crippen LogP contribution >= 0.6 is 11.8 Å². The summed E-state index contributed by atoms with van der Waals surface area (Å²) in [5.41, 5.74) is 0. The van der Waals surface area contributed by atoms with Crippen LogP contribution < -0.4 is 5.32 Å². The third-order valence-electron chi connectivity index (χ3n) is 2.02. The van der Waals surface area contributed by atoms with Crippen molar-refractivity contribution in [1.82, 2.24) is 5.32 Å². The lowest BCUT2D eigenvalue weighted by molar-refractivity contribution is -0.0248. The summed E-state index contributed by atoms with van der Waals surface area (Å²) in [5.74, 6) is 2.52. The lowest BCUT2D eigenvalue weighted by Crippen LogP contribution is -2.50. The molecule has 0 aromatic heterocycles. The van der Waals surface area contributed by atoms with Crippen LogP contribution in [0.4, 0.5) is 0 Å². The van der Waals surface area contributed by atoms with Crippen molar-refractivity contribution in [2.45, 2.75) is 18.6 Å². The molecule has 3 heteroatoms. The first kappa shape index (κ1) is 6.95. The second-order valence-corrected chi connectivity index (χ2v) is 4.05. The maximum absolute atomic E-state index is 5.76. The summed E-state index contributed by atoms with van der Waals surface area (Å²) in [6.45, 7) is 2.14. The summed E-state index contributed by atoms with van der Waals surface area (Å²) >= 11 is 2.01. The quantitative estimate of drug-likeness (QED) is 0.633. The number of nitrogens with one attached hydrogen (secondary N) is 1. The van der Waals surface area contributed by atoms with Gasteiger partial charge in [-0.1, -0.05) is 0 Å². The van der Waals surface area contributed by atoms with Crippen LogP contribution in [0.25, 0.3) is 0 Å². The van der Waals surface area contributed by atoms with Crippen LogP contribution in [0.3, 0.4) is 0 Å². The third kappa shape index (κ3) is 1.47. The predicted octanol–water partition coefficient (Wildman–Crippen LogP) is 0.480. The van der Waals surface area contributed by atoms with Crippen molar-refractivity contribution < 1.29 is 4.74 Å². The van der Waals surface area contributed by atoms with Gasteiger partial charge in [0.1, 0.15) is 0 Å². The van der Waals surface area contributed by atoms with Gasteiger partial charge in [0.15, 0.2) is 0 Å². The highest BCUT2D eigenvalue weighted by Crippen LogP contribution is 2.21. The first-order valence-electron chi connectivity index (χ1n) is 3.89. The Bertz CT molecular complexity index is 110. The maximum Gasteiger partial charge on any atom is 0.0827 e. The molecule has 0 aliphatic carbocycles. The predicted molar refractivity (Wildman–Crippen MR) is 43.5 cm³/mol. The third-order valence-corrected chi connectivity index (χ3v) is 3.15. The number of hydrogen-bond donors (Lipinski definition) is 1. The summed E-state index contributed by atoms with van der Waals surface area (Å²) in [6, 6.07) is 0. The number of hydrogen-bond acceptors (Lipinski definition) is 3. The number of rotatable bonds is 2. The molecule has 2 saturated heterocycles. The van der Waals surface area contributed by atoms with E-state index in [-0.39, 0.29) is 0 Å². The van der Waals surface area contributed by atoms with E-state index in [1.54, 1.807) is 0 Å². The molecule has 0 radical (unpaired) electrons. The van der Waals surface area contributed by atoms with Crippen molar-refractivity contribution in [2.24, 2.45) is 0 Å². The van der Waals surface area contributed by atoms with E-state index < -0.39 is 0 Å². The Balaban J connectivity index is 1.68. The van der Waals surface area contributed by atoms with Crippen molar-refractivity contribution >= 4 is 11.8 Å². The molecule has 1 unspecified atom stereocenters. The monoisotopic (exact) mass is 159 g/mol. The first-order valence-corrected chi connectivity index (χ1v) is 5.04. The van der Waals surface area contributed by atoms with E-state index in [1.165, 1.54) is 17.9 Å². The Kier molecular flexibility index (Phi) is 2.16. The van der Waals surface area contributed by atoms with Gasteiger partial charge in [-0.05, 0) is 12.2 Å². The molecule has 1 atom stereocenters. The molecule has 0 amide bonds. The van der Waals surface area contributed by atoms with Gasteiger partial charge in [0.25, 0.3) is 0 Å². The molecule has 0 aromatic rings. The Morgan fingerprint density at radius 1 is 1.30 bits per heavy atom. The minimum absolute atomic E-state index is 0.531.